The molecule has 1 aromatic heterocycles. The van der Waals surface area contributed by atoms with Crippen molar-refractivity contribution in [3.8, 4) is 12.1 Å². The third kappa shape index (κ3) is 2.87. The summed E-state index contributed by atoms with van der Waals surface area (Å²) in [5.41, 5.74) is 7.78. The molecule has 0 aliphatic rings. The molecular weight excluding hydrogens is 244 g/mol. The van der Waals surface area contributed by atoms with Crippen LogP contribution in [0.5, 0.6) is 6.01 Å². The Bertz CT molecular complexity index is 649. The monoisotopic (exact) mass is 256 g/mol. The molecule has 0 atom stereocenters. The van der Waals surface area contributed by atoms with Gasteiger partial charge in [-0.15, -0.1) is 0 Å². The highest BCUT2D eigenvalue weighted by Gasteiger charge is 2.07. The largest absolute Gasteiger partial charge is 0.467 e. The van der Waals surface area contributed by atoms with E-state index >= 15 is 0 Å². The van der Waals surface area contributed by atoms with Crippen LogP contribution in [0.2, 0.25) is 0 Å². The first kappa shape index (κ1) is 12.6. The van der Waals surface area contributed by atoms with E-state index in [9.17, 15) is 0 Å². The number of methoxy groups -OCH3 is 1. The maximum atomic E-state index is 8.89. The van der Waals surface area contributed by atoms with Crippen LogP contribution in [0.25, 0.3) is 0 Å². The minimum atomic E-state index is 0.0587. The van der Waals surface area contributed by atoms with Crippen LogP contribution in [0, 0.1) is 18.3 Å². The van der Waals surface area contributed by atoms with E-state index in [1.807, 2.05) is 13.0 Å². The summed E-state index contributed by atoms with van der Waals surface area (Å²) in [5, 5.41) is 11.9. The molecule has 3 N–H and O–H groups in total. The summed E-state index contributed by atoms with van der Waals surface area (Å²) < 4.78 is 4.91. The number of rotatable bonds is 3. The van der Waals surface area contributed by atoms with Crippen molar-refractivity contribution < 1.29 is 4.74 Å². The van der Waals surface area contributed by atoms with Crippen LogP contribution < -0.4 is 15.8 Å². The van der Waals surface area contributed by atoms with E-state index in [2.05, 4.69) is 26.3 Å². The number of anilines is 3. The van der Waals surface area contributed by atoms with E-state index in [1.165, 1.54) is 7.11 Å². The van der Waals surface area contributed by atoms with Crippen molar-refractivity contribution in [1.82, 2.24) is 15.0 Å². The molecule has 96 valence electrons. The lowest BCUT2D eigenvalue weighted by Gasteiger charge is -2.09. The predicted octanol–water partition coefficient (Wildman–Crippen LogP) is 1.39. The zero-order valence-corrected chi connectivity index (χ0v) is 10.5. The van der Waals surface area contributed by atoms with Gasteiger partial charge in [-0.3, -0.25) is 0 Å². The SMILES string of the molecule is COc1nc(N)nc(Nc2cc(C#N)ccc2C)n1. The summed E-state index contributed by atoms with van der Waals surface area (Å²) >= 11 is 0. The quantitative estimate of drug-likeness (QED) is 0.853. The van der Waals surface area contributed by atoms with Gasteiger partial charge in [-0.2, -0.15) is 20.2 Å². The molecule has 0 saturated heterocycles. The van der Waals surface area contributed by atoms with Crippen molar-refractivity contribution in [2.45, 2.75) is 6.92 Å². The van der Waals surface area contributed by atoms with Crippen LogP contribution in [0.15, 0.2) is 18.2 Å². The van der Waals surface area contributed by atoms with Gasteiger partial charge in [-0.25, -0.2) is 0 Å². The van der Waals surface area contributed by atoms with Gasteiger partial charge in [-0.1, -0.05) is 6.07 Å². The number of nitrogens with zero attached hydrogens (tertiary/aromatic N) is 4. The number of hydrogen-bond acceptors (Lipinski definition) is 7. The zero-order chi connectivity index (χ0) is 13.8. The van der Waals surface area contributed by atoms with Crippen molar-refractivity contribution in [2.75, 3.05) is 18.2 Å². The van der Waals surface area contributed by atoms with E-state index in [1.54, 1.807) is 12.1 Å². The lowest BCUT2D eigenvalue weighted by Crippen LogP contribution is -2.05. The maximum Gasteiger partial charge on any atom is 0.322 e. The third-order valence-corrected chi connectivity index (χ3v) is 2.43. The third-order valence-electron chi connectivity index (χ3n) is 2.43. The van der Waals surface area contributed by atoms with E-state index in [4.69, 9.17) is 15.7 Å². The summed E-state index contributed by atoms with van der Waals surface area (Å²) in [4.78, 5) is 11.8. The minimum absolute atomic E-state index is 0.0587. The Kier molecular flexibility index (Phi) is 3.43. The highest BCUT2D eigenvalue weighted by atomic mass is 16.5. The number of nitrogen functional groups attached to an aromatic ring is 1. The average Bonchev–Trinajstić information content (AvgIpc) is 2.40. The smallest absolute Gasteiger partial charge is 0.322 e. The molecule has 0 amide bonds. The highest BCUT2D eigenvalue weighted by Crippen LogP contribution is 2.20. The van der Waals surface area contributed by atoms with Gasteiger partial charge in [-0.05, 0) is 24.6 Å². The second-order valence-corrected chi connectivity index (χ2v) is 3.77. The zero-order valence-electron chi connectivity index (χ0n) is 10.5. The summed E-state index contributed by atoms with van der Waals surface area (Å²) in [7, 11) is 1.44. The molecule has 7 heteroatoms. The van der Waals surface area contributed by atoms with Crippen LogP contribution >= 0.6 is 0 Å². The topological polar surface area (TPSA) is 110 Å². The molecular formula is C12H12N6O. The fraction of sp³-hybridized carbons (Fsp3) is 0.167. The maximum absolute atomic E-state index is 8.89. The van der Waals surface area contributed by atoms with Gasteiger partial charge < -0.3 is 15.8 Å². The summed E-state index contributed by atoms with van der Waals surface area (Å²) in [6.07, 6.45) is 0. The number of aryl methyl sites for hydroxylation is 1. The second-order valence-electron chi connectivity index (χ2n) is 3.77. The Hall–Kier alpha value is -2.88. The van der Waals surface area contributed by atoms with Gasteiger partial charge in [0.2, 0.25) is 11.9 Å². The van der Waals surface area contributed by atoms with Crippen LogP contribution in [0.1, 0.15) is 11.1 Å². The van der Waals surface area contributed by atoms with Gasteiger partial charge in [0.25, 0.3) is 0 Å². The molecule has 0 fully saturated rings. The van der Waals surface area contributed by atoms with Crippen LogP contribution in [-0.4, -0.2) is 22.1 Å². The number of benzene rings is 1. The van der Waals surface area contributed by atoms with E-state index in [0.717, 1.165) is 11.3 Å². The molecule has 2 aromatic rings. The molecule has 0 bridgehead atoms. The molecule has 2 rings (SSSR count). The highest BCUT2D eigenvalue weighted by molar-refractivity contribution is 5.61. The Morgan fingerprint density at radius 1 is 1.32 bits per heavy atom. The molecule has 0 aliphatic heterocycles. The fourth-order valence-corrected chi connectivity index (χ4v) is 1.47. The fourth-order valence-electron chi connectivity index (χ4n) is 1.47. The Labute approximate surface area is 110 Å². The Morgan fingerprint density at radius 3 is 2.79 bits per heavy atom. The van der Waals surface area contributed by atoms with Crippen molar-refractivity contribution in [3.05, 3.63) is 29.3 Å². The first-order valence-electron chi connectivity index (χ1n) is 5.45. The van der Waals surface area contributed by atoms with Gasteiger partial charge >= 0.3 is 6.01 Å². The number of ether oxygens (including phenoxy) is 1. The molecule has 1 aromatic carbocycles. The standard InChI is InChI=1S/C12H12N6O/c1-7-3-4-8(6-13)5-9(7)15-11-16-10(14)17-12(18-11)19-2/h3-5H,1-2H3,(H3,14,15,16,17,18). The summed E-state index contributed by atoms with van der Waals surface area (Å²) in [6, 6.07) is 7.49. The minimum Gasteiger partial charge on any atom is -0.467 e. The average molecular weight is 256 g/mol. The van der Waals surface area contributed by atoms with Gasteiger partial charge in [0.1, 0.15) is 0 Å². The van der Waals surface area contributed by atoms with Crippen molar-refractivity contribution in [2.24, 2.45) is 0 Å². The molecule has 19 heavy (non-hydrogen) atoms. The normalized spacial score (nSPS) is 9.74. The second kappa shape index (κ2) is 5.18. The molecule has 7 nitrogen and oxygen atoms in total. The summed E-state index contributed by atoms with van der Waals surface area (Å²) in [5.74, 6) is 0.325. The van der Waals surface area contributed by atoms with Crippen LogP contribution in [0.3, 0.4) is 0 Å². The molecule has 0 unspecified atom stereocenters. The van der Waals surface area contributed by atoms with Crippen molar-refractivity contribution in [1.29, 1.82) is 5.26 Å². The van der Waals surface area contributed by atoms with Crippen molar-refractivity contribution >= 4 is 17.6 Å². The van der Waals surface area contributed by atoms with Gasteiger partial charge in [0.05, 0.1) is 18.7 Å². The van der Waals surface area contributed by atoms with E-state index in [-0.39, 0.29) is 17.9 Å². The van der Waals surface area contributed by atoms with E-state index in [0.29, 0.717) is 5.56 Å². The first-order valence-corrected chi connectivity index (χ1v) is 5.45. The Morgan fingerprint density at radius 2 is 2.11 bits per heavy atom. The lowest BCUT2D eigenvalue weighted by molar-refractivity contribution is 0.380. The number of nitrogens with two attached hydrogens (primary N) is 1. The number of nitrogens with one attached hydrogen (secondary N) is 1. The van der Waals surface area contributed by atoms with Gasteiger partial charge in [0.15, 0.2) is 0 Å². The molecule has 0 saturated carbocycles. The Balaban J connectivity index is 2.36. The summed E-state index contributed by atoms with van der Waals surface area (Å²) in [6.45, 7) is 1.91. The molecule has 0 spiro atoms. The van der Waals surface area contributed by atoms with Crippen LogP contribution in [0.4, 0.5) is 17.6 Å². The number of aromatic nitrogens is 3. The van der Waals surface area contributed by atoms with Gasteiger partial charge in [0, 0.05) is 5.69 Å². The first-order chi connectivity index (χ1) is 9.12. The van der Waals surface area contributed by atoms with Crippen LogP contribution in [-0.2, 0) is 0 Å². The van der Waals surface area contributed by atoms with Crippen molar-refractivity contribution in [3.63, 3.8) is 0 Å². The number of hydrogen-bond donors (Lipinski definition) is 2. The molecule has 0 radical (unpaired) electrons. The molecule has 1 heterocycles. The lowest BCUT2D eigenvalue weighted by atomic mass is 10.1. The number of nitriles is 1. The predicted molar refractivity (Wildman–Crippen MR) is 70.0 cm³/mol. The van der Waals surface area contributed by atoms with E-state index < -0.39 is 0 Å². The molecule has 0 aliphatic carbocycles.